The van der Waals surface area contributed by atoms with Crippen LogP contribution in [0.2, 0.25) is 0 Å². The van der Waals surface area contributed by atoms with Crippen molar-refractivity contribution in [1.29, 1.82) is 0 Å². The van der Waals surface area contributed by atoms with Gasteiger partial charge in [-0.15, -0.1) is 0 Å². The van der Waals surface area contributed by atoms with Crippen LogP contribution in [0.1, 0.15) is 16.8 Å². The number of fused-ring (bicyclic) bond motifs is 1. The molecule has 5 rings (SSSR count). The molecule has 0 aliphatic carbocycles. The van der Waals surface area contributed by atoms with Gasteiger partial charge in [-0.2, -0.15) is 0 Å². The molecule has 3 aromatic heterocycles. The summed E-state index contributed by atoms with van der Waals surface area (Å²) in [7, 11) is 0. The molecule has 0 radical (unpaired) electrons. The van der Waals surface area contributed by atoms with Gasteiger partial charge < -0.3 is 0 Å². The number of nitrogens with zero attached hydrogens (tertiary/aromatic N) is 6. The van der Waals surface area contributed by atoms with E-state index < -0.39 is 0 Å². The average Bonchev–Trinajstić information content (AvgIpc) is 2.80. The average molecular weight is 380 g/mol. The Morgan fingerprint density at radius 1 is 0.793 bits per heavy atom. The number of pyridine rings is 1. The molecule has 0 amide bonds. The molecule has 6 heteroatoms. The summed E-state index contributed by atoms with van der Waals surface area (Å²) < 4.78 is 0. The molecular weight excluding hydrogens is 360 g/mol. The first-order valence-corrected chi connectivity index (χ1v) is 9.69. The van der Waals surface area contributed by atoms with Crippen LogP contribution in [-0.4, -0.2) is 36.4 Å². The summed E-state index contributed by atoms with van der Waals surface area (Å²) in [5, 5.41) is 0. The molecular formula is C23H20N6. The smallest absolute Gasteiger partial charge is 0.160 e. The van der Waals surface area contributed by atoms with Crippen LogP contribution in [0.15, 0.2) is 73.4 Å². The maximum absolute atomic E-state index is 4.77. The van der Waals surface area contributed by atoms with E-state index in [-0.39, 0.29) is 0 Å². The topological polar surface area (TPSA) is 67.7 Å². The van der Waals surface area contributed by atoms with Gasteiger partial charge in [0.15, 0.2) is 11.6 Å². The van der Waals surface area contributed by atoms with E-state index in [9.17, 15) is 0 Å². The van der Waals surface area contributed by atoms with Gasteiger partial charge in [-0.05, 0) is 12.1 Å². The van der Waals surface area contributed by atoms with Crippen molar-refractivity contribution in [2.45, 2.75) is 19.5 Å². The van der Waals surface area contributed by atoms with Gasteiger partial charge in [0.2, 0.25) is 0 Å². The van der Waals surface area contributed by atoms with E-state index in [2.05, 4.69) is 24.8 Å². The van der Waals surface area contributed by atoms with Crippen LogP contribution in [0.25, 0.3) is 22.8 Å². The minimum absolute atomic E-state index is 0.746. The van der Waals surface area contributed by atoms with Gasteiger partial charge in [0.1, 0.15) is 0 Å². The second kappa shape index (κ2) is 7.85. The summed E-state index contributed by atoms with van der Waals surface area (Å²) in [6.45, 7) is 2.61. The zero-order valence-corrected chi connectivity index (χ0v) is 15.9. The Balaban J connectivity index is 1.28. The first kappa shape index (κ1) is 17.6. The maximum atomic E-state index is 4.77. The first-order valence-electron chi connectivity index (χ1n) is 9.69. The van der Waals surface area contributed by atoms with E-state index in [0.717, 1.165) is 60.1 Å². The molecule has 0 saturated carbocycles. The molecule has 0 bridgehead atoms. The summed E-state index contributed by atoms with van der Waals surface area (Å²) in [4.78, 5) is 24.9. The minimum Gasteiger partial charge on any atom is -0.294 e. The third kappa shape index (κ3) is 3.88. The highest BCUT2D eigenvalue weighted by atomic mass is 15.1. The van der Waals surface area contributed by atoms with Gasteiger partial charge in [-0.25, -0.2) is 19.9 Å². The lowest BCUT2D eigenvalue weighted by molar-refractivity contribution is 0.242. The summed E-state index contributed by atoms with van der Waals surface area (Å²) in [5.74, 6) is 1.50. The molecule has 0 fully saturated rings. The van der Waals surface area contributed by atoms with Gasteiger partial charge in [0.25, 0.3) is 0 Å². The Labute approximate surface area is 169 Å². The molecule has 0 atom stereocenters. The fraction of sp³-hybridized carbons (Fsp3) is 0.174. The molecule has 4 aromatic rings. The highest BCUT2D eigenvalue weighted by molar-refractivity contribution is 5.54. The molecule has 1 aliphatic heterocycles. The molecule has 0 saturated heterocycles. The molecule has 0 unspecified atom stereocenters. The third-order valence-corrected chi connectivity index (χ3v) is 5.08. The van der Waals surface area contributed by atoms with E-state index in [4.69, 9.17) is 4.98 Å². The van der Waals surface area contributed by atoms with Crippen LogP contribution in [0, 0.1) is 0 Å². The normalized spacial score (nSPS) is 13.8. The molecule has 142 valence electrons. The van der Waals surface area contributed by atoms with Crippen molar-refractivity contribution in [3.05, 3.63) is 90.3 Å². The summed E-state index contributed by atoms with van der Waals surface area (Å²) >= 11 is 0. The molecule has 6 nitrogen and oxygen atoms in total. The molecule has 1 aromatic carbocycles. The van der Waals surface area contributed by atoms with Crippen molar-refractivity contribution < 1.29 is 0 Å². The monoisotopic (exact) mass is 380 g/mol. The Morgan fingerprint density at radius 2 is 1.59 bits per heavy atom. The summed E-state index contributed by atoms with van der Waals surface area (Å²) in [5.41, 5.74) is 5.42. The fourth-order valence-electron chi connectivity index (χ4n) is 3.57. The highest BCUT2D eigenvalue weighted by Gasteiger charge is 2.19. The number of aromatic nitrogens is 5. The van der Waals surface area contributed by atoms with E-state index in [1.54, 1.807) is 12.4 Å². The van der Waals surface area contributed by atoms with Crippen molar-refractivity contribution in [2.24, 2.45) is 0 Å². The minimum atomic E-state index is 0.746. The van der Waals surface area contributed by atoms with Crippen LogP contribution < -0.4 is 0 Å². The van der Waals surface area contributed by atoms with Crippen LogP contribution >= 0.6 is 0 Å². The SMILES string of the molecule is c1ccc(-c2ncc(CN3CCc4nc(-c5cccnc5)ncc4C3)cn2)cc1. The van der Waals surface area contributed by atoms with E-state index in [1.807, 2.05) is 61.1 Å². The fourth-order valence-corrected chi connectivity index (χ4v) is 3.57. The summed E-state index contributed by atoms with van der Waals surface area (Å²) in [6, 6.07) is 13.9. The molecule has 1 aliphatic rings. The Hall–Kier alpha value is -3.51. The first-order chi connectivity index (χ1) is 14.3. The van der Waals surface area contributed by atoms with Crippen molar-refractivity contribution in [3.63, 3.8) is 0 Å². The Kier molecular flexibility index (Phi) is 4.76. The molecule has 0 spiro atoms. The summed E-state index contributed by atoms with van der Waals surface area (Å²) in [6.07, 6.45) is 10.3. The van der Waals surface area contributed by atoms with E-state index in [0.29, 0.717) is 0 Å². The van der Waals surface area contributed by atoms with Crippen molar-refractivity contribution in [1.82, 2.24) is 29.8 Å². The van der Waals surface area contributed by atoms with Gasteiger partial charge >= 0.3 is 0 Å². The van der Waals surface area contributed by atoms with Crippen LogP contribution in [-0.2, 0) is 19.5 Å². The van der Waals surface area contributed by atoms with Crippen molar-refractivity contribution >= 4 is 0 Å². The largest absolute Gasteiger partial charge is 0.294 e. The lowest BCUT2D eigenvalue weighted by Crippen LogP contribution is -2.31. The second-order valence-electron chi connectivity index (χ2n) is 7.15. The number of benzene rings is 1. The van der Waals surface area contributed by atoms with Crippen molar-refractivity contribution in [3.8, 4) is 22.8 Å². The lowest BCUT2D eigenvalue weighted by Gasteiger charge is -2.27. The number of rotatable bonds is 4. The van der Waals surface area contributed by atoms with E-state index >= 15 is 0 Å². The third-order valence-electron chi connectivity index (χ3n) is 5.08. The molecule has 0 N–H and O–H groups in total. The second-order valence-corrected chi connectivity index (χ2v) is 7.15. The zero-order valence-electron chi connectivity index (χ0n) is 15.9. The number of hydrogen-bond donors (Lipinski definition) is 0. The van der Waals surface area contributed by atoms with Gasteiger partial charge in [0.05, 0.1) is 5.69 Å². The lowest BCUT2D eigenvalue weighted by atomic mass is 10.1. The van der Waals surface area contributed by atoms with Crippen LogP contribution in [0.5, 0.6) is 0 Å². The highest BCUT2D eigenvalue weighted by Crippen LogP contribution is 2.22. The van der Waals surface area contributed by atoms with E-state index in [1.165, 1.54) is 5.56 Å². The number of hydrogen-bond acceptors (Lipinski definition) is 6. The standard InChI is InChI=1S/C23H20N6/c1-2-5-18(6-3-1)22-25-11-17(12-26-22)15-29-10-8-21-20(16-29)14-27-23(28-21)19-7-4-9-24-13-19/h1-7,9,11-14H,8,10,15-16H2. The zero-order chi connectivity index (χ0) is 19.5. The Morgan fingerprint density at radius 3 is 2.38 bits per heavy atom. The van der Waals surface area contributed by atoms with Gasteiger partial charge in [0, 0.05) is 79.3 Å². The quantitative estimate of drug-likeness (QED) is 0.539. The van der Waals surface area contributed by atoms with Crippen LogP contribution in [0.4, 0.5) is 0 Å². The predicted molar refractivity (Wildman–Crippen MR) is 111 cm³/mol. The van der Waals surface area contributed by atoms with Gasteiger partial charge in [-0.1, -0.05) is 30.3 Å². The Bertz CT molecular complexity index is 1100. The van der Waals surface area contributed by atoms with Crippen LogP contribution in [0.3, 0.4) is 0 Å². The predicted octanol–water partition coefficient (Wildman–Crippen LogP) is 3.55. The molecule has 4 heterocycles. The maximum Gasteiger partial charge on any atom is 0.160 e. The van der Waals surface area contributed by atoms with Crippen molar-refractivity contribution in [2.75, 3.05) is 6.54 Å². The molecule has 29 heavy (non-hydrogen) atoms. The van der Waals surface area contributed by atoms with Gasteiger partial charge in [-0.3, -0.25) is 9.88 Å².